The van der Waals surface area contributed by atoms with Crippen LogP contribution >= 0.6 is 11.9 Å². The number of carbonyl (C=O) groups is 3. The summed E-state index contributed by atoms with van der Waals surface area (Å²) < 4.78 is 1.58. The standard InChI is InChI=1S/C16H21N3O5S/c1-7-4-16(2,3)5-8-10(7)12-13(22)11(14(23)17-6-9(20)21)15(24)18-19(12)25-8/h7,12,22H,4-6H2,1-3H3,(H,17,23)(H,18,24)(H,20,21). The van der Waals surface area contributed by atoms with Gasteiger partial charge in [0, 0.05) is 4.91 Å². The molecule has 2 atom stereocenters. The molecule has 4 N–H and O–H groups in total. The molecule has 8 nitrogen and oxygen atoms in total. The molecule has 9 heteroatoms. The van der Waals surface area contributed by atoms with Crippen molar-refractivity contribution in [3.63, 3.8) is 0 Å². The molecule has 3 aliphatic rings. The quantitative estimate of drug-likeness (QED) is 0.435. The second-order valence-corrected chi connectivity index (χ2v) is 8.49. The van der Waals surface area contributed by atoms with Gasteiger partial charge in [-0.2, -0.15) is 0 Å². The lowest BCUT2D eigenvalue weighted by atomic mass is 9.71. The minimum Gasteiger partial charge on any atom is -0.509 e. The Morgan fingerprint density at radius 2 is 2.12 bits per heavy atom. The van der Waals surface area contributed by atoms with Crippen LogP contribution in [0.5, 0.6) is 0 Å². The number of hydrogen-bond acceptors (Lipinski definition) is 6. The molecule has 3 rings (SSSR count). The van der Waals surface area contributed by atoms with E-state index in [0.29, 0.717) is 0 Å². The zero-order valence-corrected chi connectivity index (χ0v) is 15.1. The number of hydrogen-bond donors (Lipinski definition) is 4. The number of carbonyl (C=O) groups excluding carboxylic acids is 2. The average Bonchev–Trinajstić information content (AvgIpc) is 2.81. The SMILES string of the molecule is CC1CC(C)(C)CC2=C1C1C(O)=C(C(=O)NCC(=O)O)C(=O)NN1S2. The van der Waals surface area contributed by atoms with Crippen LogP contribution in [0.25, 0.3) is 0 Å². The van der Waals surface area contributed by atoms with E-state index in [2.05, 4.69) is 31.5 Å². The summed E-state index contributed by atoms with van der Waals surface area (Å²) in [5.41, 5.74) is 3.35. The number of rotatable bonds is 3. The number of aliphatic hydroxyl groups excluding tert-OH is 1. The summed E-state index contributed by atoms with van der Waals surface area (Å²) in [6.45, 7) is 5.83. The van der Waals surface area contributed by atoms with Gasteiger partial charge in [0.05, 0.1) is 0 Å². The molecule has 0 radical (unpaired) electrons. The molecule has 0 fully saturated rings. The van der Waals surface area contributed by atoms with Crippen molar-refractivity contribution in [2.24, 2.45) is 11.3 Å². The van der Waals surface area contributed by atoms with E-state index in [-0.39, 0.29) is 17.1 Å². The molecule has 0 aromatic carbocycles. The van der Waals surface area contributed by atoms with Crippen LogP contribution in [0.4, 0.5) is 0 Å². The fraction of sp³-hybridized carbons (Fsp3) is 0.562. The van der Waals surface area contributed by atoms with Crippen LogP contribution < -0.4 is 10.7 Å². The number of fused-ring (bicyclic) bond motifs is 2. The minimum absolute atomic E-state index is 0.130. The predicted octanol–water partition coefficient (Wildman–Crippen LogP) is 1.09. The van der Waals surface area contributed by atoms with Gasteiger partial charge in [0.15, 0.2) is 0 Å². The molecule has 1 aliphatic carbocycles. The van der Waals surface area contributed by atoms with Crippen LogP contribution in [0.2, 0.25) is 0 Å². The largest absolute Gasteiger partial charge is 0.509 e. The van der Waals surface area contributed by atoms with Crippen molar-refractivity contribution in [1.29, 1.82) is 0 Å². The monoisotopic (exact) mass is 367 g/mol. The highest BCUT2D eigenvalue weighted by atomic mass is 32.2. The van der Waals surface area contributed by atoms with Gasteiger partial charge in [-0.15, -0.1) is 4.41 Å². The highest BCUT2D eigenvalue weighted by Gasteiger charge is 2.49. The van der Waals surface area contributed by atoms with Crippen LogP contribution in [-0.4, -0.2) is 45.0 Å². The lowest BCUT2D eigenvalue weighted by molar-refractivity contribution is -0.138. The summed E-state index contributed by atoms with van der Waals surface area (Å²) in [7, 11) is 0. The summed E-state index contributed by atoms with van der Waals surface area (Å²) in [6.07, 6.45) is 1.78. The minimum atomic E-state index is -1.23. The Labute approximate surface area is 149 Å². The topological polar surface area (TPSA) is 119 Å². The smallest absolute Gasteiger partial charge is 0.322 e. The average molecular weight is 367 g/mol. The number of hydrazine groups is 1. The molecule has 25 heavy (non-hydrogen) atoms. The molecule has 0 aromatic heterocycles. The summed E-state index contributed by atoms with van der Waals surface area (Å²) in [6, 6.07) is -0.589. The molecule has 136 valence electrons. The van der Waals surface area contributed by atoms with E-state index in [9.17, 15) is 19.5 Å². The second kappa shape index (κ2) is 6.06. The second-order valence-electron chi connectivity index (χ2n) is 7.42. The molecule has 0 spiro atoms. The Hall–Kier alpha value is -2.00. The number of amides is 2. The fourth-order valence-electron chi connectivity index (χ4n) is 3.85. The van der Waals surface area contributed by atoms with Gasteiger partial charge < -0.3 is 15.5 Å². The molecule has 2 amide bonds. The van der Waals surface area contributed by atoms with Crippen LogP contribution in [-0.2, 0) is 14.4 Å². The number of nitrogens with one attached hydrogen (secondary N) is 2. The highest BCUT2D eigenvalue weighted by molar-refractivity contribution is 8.01. The van der Waals surface area contributed by atoms with Gasteiger partial charge in [-0.1, -0.05) is 20.8 Å². The molecule has 2 aliphatic heterocycles. The van der Waals surface area contributed by atoms with E-state index in [4.69, 9.17) is 5.11 Å². The third-order valence-electron chi connectivity index (χ3n) is 4.67. The number of nitrogens with zero attached hydrogens (tertiary/aromatic N) is 1. The predicted molar refractivity (Wildman–Crippen MR) is 90.9 cm³/mol. The molecular formula is C16H21N3O5S. The molecule has 0 saturated heterocycles. The summed E-state index contributed by atoms with van der Waals surface area (Å²) in [5.74, 6) is -2.98. The van der Waals surface area contributed by atoms with Crippen molar-refractivity contribution in [3.8, 4) is 0 Å². The maximum atomic E-state index is 12.2. The molecule has 0 saturated carbocycles. The molecule has 0 bridgehead atoms. The van der Waals surface area contributed by atoms with Crippen LogP contribution in [0.1, 0.15) is 33.6 Å². The van der Waals surface area contributed by atoms with E-state index in [0.717, 1.165) is 23.3 Å². The van der Waals surface area contributed by atoms with Crippen LogP contribution in [0, 0.1) is 11.3 Å². The van der Waals surface area contributed by atoms with Crippen LogP contribution in [0.3, 0.4) is 0 Å². The zero-order chi connectivity index (χ0) is 18.5. The summed E-state index contributed by atoms with van der Waals surface area (Å²) >= 11 is 1.39. The van der Waals surface area contributed by atoms with E-state index >= 15 is 0 Å². The Kier molecular flexibility index (Phi) is 4.32. The first-order chi connectivity index (χ1) is 11.6. The first-order valence-corrected chi connectivity index (χ1v) is 8.82. The fourth-order valence-corrected chi connectivity index (χ4v) is 5.40. The molecule has 2 unspecified atom stereocenters. The number of aliphatic carboxylic acids is 1. The normalized spacial score (nSPS) is 28.4. The van der Waals surface area contributed by atoms with Gasteiger partial charge in [0.2, 0.25) is 0 Å². The van der Waals surface area contributed by atoms with Crippen molar-refractivity contribution in [2.75, 3.05) is 6.54 Å². The van der Waals surface area contributed by atoms with Gasteiger partial charge in [-0.05, 0) is 41.7 Å². The Morgan fingerprint density at radius 3 is 2.76 bits per heavy atom. The lowest BCUT2D eigenvalue weighted by Gasteiger charge is -2.36. The number of aliphatic hydroxyl groups is 1. The third kappa shape index (κ3) is 3.13. The highest BCUT2D eigenvalue weighted by Crippen LogP contribution is 2.54. The van der Waals surface area contributed by atoms with E-state index in [1.54, 1.807) is 4.41 Å². The van der Waals surface area contributed by atoms with Gasteiger partial charge in [-0.3, -0.25) is 19.8 Å². The molecule has 0 aromatic rings. The van der Waals surface area contributed by atoms with E-state index < -0.39 is 35.9 Å². The summed E-state index contributed by atoms with van der Waals surface area (Å²) in [5, 5.41) is 21.5. The van der Waals surface area contributed by atoms with Crippen molar-refractivity contribution in [3.05, 3.63) is 21.8 Å². The molecular weight excluding hydrogens is 346 g/mol. The first kappa shape index (κ1) is 17.8. The number of carboxylic acids is 1. The third-order valence-corrected chi connectivity index (χ3v) is 5.77. The lowest BCUT2D eigenvalue weighted by Crippen LogP contribution is -2.52. The van der Waals surface area contributed by atoms with Crippen molar-refractivity contribution in [2.45, 2.75) is 39.7 Å². The van der Waals surface area contributed by atoms with Crippen LogP contribution in [0.15, 0.2) is 21.8 Å². The molecule has 2 heterocycles. The van der Waals surface area contributed by atoms with Crippen molar-refractivity contribution < 1.29 is 24.6 Å². The maximum absolute atomic E-state index is 12.2. The van der Waals surface area contributed by atoms with Gasteiger partial charge in [0.25, 0.3) is 11.8 Å². The Balaban J connectivity index is 1.95. The maximum Gasteiger partial charge on any atom is 0.322 e. The first-order valence-electron chi connectivity index (χ1n) is 8.05. The zero-order valence-electron chi connectivity index (χ0n) is 14.3. The van der Waals surface area contributed by atoms with Gasteiger partial charge in [-0.25, -0.2) is 0 Å². The summed E-state index contributed by atoms with van der Waals surface area (Å²) in [4.78, 5) is 36.1. The number of carboxylic acid groups (broad SMARTS) is 1. The van der Waals surface area contributed by atoms with Gasteiger partial charge in [0.1, 0.15) is 23.9 Å². The number of allylic oxidation sites excluding steroid dienone is 1. The van der Waals surface area contributed by atoms with E-state index in [1.165, 1.54) is 11.9 Å². The Bertz CT molecular complexity index is 727. The van der Waals surface area contributed by atoms with Crippen molar-refractivity contribution in [1.82, 2.24) is 15.2 Å². The van der Waals surface area contributed by atoms with Gasteiger partial charge >= 0.3 is 5.97 Å². The Morgan fingerprint density at radius 1 is 1.44 bits per heavy atom. The van der Waals surface area contributed by atoms with E-state index in [1.807, 2.05) is 0 Å². The van der Waals surface area contributed by atoms with Crippen molar-refractivity contribution >= 4 is 29.7 Å².